The van der Waals surface area contributed by atoms with Gasteiger partial charge in [0.15, 0.2) is 0 Å². The lowest BCUT2D eigenvalue weighted by atomic mass is 10.0. The van der Waals surface area contributed by atoms with Crippen molar-refractivity contribution < 1.29 is 14.6 Å². The standard InChI is InChI=1S/C21H25N5O3/c22-13-25-20(23)15-9-14(11-24-12-15)18-10-17(7-8-19(18)27)29-21(28)26-16-5-3-1-2-4-6-16/h7-13,16,27H,1-6H2,(H,26,28)(H3,22,23,25). The van der Waals surface area contributed by atoms with E-state index in [4.69, 9.17) is 15.9 Å². The van der Waals surface area contributed by atoms with Crippen LogP contribution in [0.15, 0.2) is 41.7 Å². The van der Waals surface area contributed by atoms with Gasteiger partial charge in [-0.3, -0.25) is 10.4 Å². The quantitative estimate of drug-likeness (QED) is 0.349. The van der Waals surface area contributed by atoms with E-state index in [-0.39, 0.29) is 17.6 Å². The zero-order chi connectivity index (χ0) is 20.6. The molecule has 8 nitrogen and oxygen atoms in total. The lowest BCUT2D eigenvalue weighted by Gasteiger charge is -2.16. The maximum absolute atomic E-state index is 12.3. The number of nitrogens with zero attached hydrogens (tertiary/aromatic N) is 2. The molecule has 152 valence electrons. The van der Waals surface area contributed by atoms with E-state index in [1.807, 2.05) is 0 Å². The van der Waals surface area contributed by atoms with E-state index in [2.05, 4.69) is 15.3 Å². The third-order valence-corrected chi connectivity index (χ3v) is 4.90. The first-order chi connectivity index (χ1) is 14.1. The highest BCUT2D eigenvalue weighted by Crippen LogP contribution is 2.32. The number of aromatic nitrogens is 1. The molecular weight excluding hydrogens is 370 g/mol. The molecule has 0 saturated heterocycles. The fraction of sp³-hybridized carbons (Fsp3) is 0.333. The van der Waals surface area contributed by atoms with Gasteiger partial charge in [-0.05, 0) is 37.1 Å². The smallest absolute Gasteiger partial charge is 0.412 e. The highest BCUT2D eigenvalue weighted by Gasteiger charge is 2.17. The molecule has 0 bridgehead atoms. The summed E-state index contributed by atoms with van der Waals surface area (Å²) in [5, 5.41) is 20.2. The number of nitrogens with two attached hydrogens (primary N) is 1. The van der Waals surface area contributed by atoms with Gasteiger partial charge >= 0.3 is 6.09 Å². The Balaban J connectivity index is 1.76. The van der Waals surface area contributed by atoms with Crippen LogP contribution >= 0.6 is 0 Å². The Labute approximate surface area is 169 Å². The Kier molecular flexibility index (Phi) is 6.78. The van der Waals surface area contributed by atoms with Crippen molar-refractivity contribution in [3.8, 4) is 22.6 Å². The zero-order valence-corrected chi connectivity index (χ0v) is 16.1. The first-order valence-corrected chi connectivity index (χ1v) is 9.66. The minimum atomic E-state index is -0.497. The van der Waals surface area contributed by atoms with E-state index >= 15 is 0 Å². The van der Waals surface area contributed by atoms with Crippen LogP contribution in [0, 0.1) is 5.41 Å². The number of amidine groups is 1. The van der Waals surface area contributed by atoms with Crippen LogP contribution < -0.4 is 15.8 Å². The minimum Gasteiger partial charge on any atom is -0.507 e. The molecule has 29 heavy (non-hydrogen) atoms. The van der Waals surface area contributed by atoms with Crippen molar-refractivity contribution in [1.29, 1.82) is 5.41 Å². The van der Waals surface area contributed by atoms with E-state index < -0.39 is 6.09 Å². The number of benzene rings is 1. The number of phenolic OH excluding ortho intramolecular Hbond substituents is 1. The van der Waals surface area contributed by atoms with Gasteiger partial charge in [-0.2, -0.15) is 0 Å². The van der Waals surface area contributed by atoms with Gasteiger partial charge in [-0.25, -0.2) is 9.79 Å². The fourth-order valence-corrected chi connectivity index (χ4v) is 3.41. The summed E-state index contributed by atoms with van der Waals surface area (Å²) >= 11 is 0. The third-order valence-electron chi connectivity index (χ3n) is 4.90. The van der Waals surface area contributed by atoms with Gasteiger partial charge < -0.3 is 20.9 Å². The number of pyridine rings is 1. The first kappa shape index (κ1) is 20.3. The normalized spacial score (nSPS) is 15.4. The van der Waals surface area contributed by atoms with Crippen molar-refractivity contribution >= 4 is 18.3 Å². The van der Waals surface area contributed by atoms with Crippen LogP contribution in [0.4, 0.5) is 4.79 Å². The van der Waals surface area contributed by atoms with Crippen LogP contribution in [0.3, 0.4) is 0 Å². The summed E-state index contributed by atoms with van der Waals surface area (Å²) in [4.78, 5) is 20.1. The number of carbonyl (C=O) groups is 1. The van der Waals surface area contributed by atoms with E-state index in [0.717, 1.165) is 32.0 Å². The monoisotopic (exact) mass is 395 g/mol. The molecule has 1 aliphatic rings. The van der Waals surface area contributed by atoms with E-state index in [9.17, 15) is 9.90 Å². The summed E-state index contributed by atoms with van der Waals surface area (Å²) < 4.78 is 5.43. The molecule has 3 rings (SSSR count). The number of hydrogen-bond donors (Lipinski definition) is 4. The average Bonchev–Trinajstić information content (AvgIpc) is 2.98. The predicted octanol–water partition coefficient (Wildman–Crippen LogP) is 3.58. The number of amides is 1. The summed E-state index contributed by atoms with van der Waals surface area (Å²) in [5.74, 6) is 0.475. The highest BCUT2D eigenvalue weighted by molar-refractivity contribution is 6.01. The molecule has 1 aromatic carbocycles. The molecule has 5 N–H and O–H groups in total. The Morgan fingerprint density at radius 2 is 2.00 bits per heavy atom. The Morgan fingerprint density at radius 3 is 2.72 bits per heavy atom. The number of rotatable bonds is 5. The topological polar surface area (TPSA) is 134 Å². The van der Waals surface area contributed by atoms with Gasteiger partial charge in [0, 0.05) is 35.1 Å². The van der Waals surface area contributed by atoms with Gasteiger partial charge in [0.2, 0.25) is 0 Å². The lowest BCUT2D eigenvalue weighted by Crippen LogP contribution is -2.36. The maximum atomic E-state index is 12.3. The lowest BCUT2D eigenvalue weighted by molar-refractivity contribution is 0.194. The Morgan fingerprint density at radius 1 is 1.24 bits per heavy atom. The fourth-order valence-electron chi connectivity index (χ4n) is 3.41. The summed E-state index contributed by atoms with van der Waals surface area (Å²) in [6.45, 7) is 0. The summed E-state index contributed by atoms with van der Waals surface area (Å²) in [5.41, 5.74) is 7.35. The highest BCUT2D eigenvalue weighted by atomic mass is 16.6. The van der Waals surface area contributed by atoms with Gasteiger partial charge in [0.25, 0.3) is 0 Å². The largest absolute Gasteiger partial charge is 0.507 e. The number of hydrogen-bond acceptors (Lipinski definition) is 5. The molecule has 1 fully saturated rings. The van der Waals surface area contributed by atoms with Crippen molar-refractivity contribution in [2.45, 2.75) is 44.6 Å². The molecular formula is C21H25N5O3. The molecule has 0 radical (unpaired) electrons. The van der Waals surface area contributed by atoms with Crippen molar-refractivity contribution in [2.75, 3.05) is 0 Å². The Hall–Kier alpha value is -3.42. The second-order valence-electron chi connectivity index (χ2n) is 7.01. The Bertz CT molecular complexity index is 905. The predicted molar refractivity (Wildman–Crippen MR) is 111 cm³/mol. The molecule has 1 saturated carbocycles. The third kappa shape index (κ3) is 5.54. The zero-order valence-electron chi connectivity index (χ0n) is 16.1. The molecule has 0 unspecified atom stereocenters. The van der Waals surface area contributed by atoms with Gasteiger partial charge in [-0.1, -0.05) is 25.7 Å². The number of aliphatic imine (C=N–C) groups is 1. The minimum absolute atomic E-state index is 0.0167. The van der Waals surface area contributed by atoms with Crippen molar-refractivity contribution in [3.05, 3.63) is 42.2 Å². The SMILES string of the molecule is N=CN=C(N)c1cncc(-c2cc(OC(=O)NC3CCCCCC3)ccc2O)c1. The number of nitrogens with one attached hydrogen (secondary N) is 2. The van der Waals surface area contributed by atoms with Crippen LogP contribution in [0.5, 0.6) is 11.5 Å². The van der Waals surface area contributed by atoms with Crippen molar-refractivity contribution in [3.63, 3.8) is 0 Å². The second-order valence-corrected chi connectivity index (χ2v) is 7.01. The summed E-state index contributed by atoms with van der Waals surface area (Å²) in [7, 11) is 0. The molecule has 1 aliphatic carbocycles. The molecule has 1 heterocycles. The van der Waals surface area contributed by atoms with Gasteiger partial charge in [0.05, 0.1) is 0 Å². The number of carbonyl (C=O) groups excluding carboxylic acids is 1. The molecule has 0 spiro atoms. The summed E-state index contributed by atoms with van der Waals surface area (Å²) in [6, 6.07) is 6.41. The van der Waals surface area contributed by atoms with Crippen LogP contribution in [0.1, 0.15) is 44.1 Å². The van der Waals surface area contributed by atoms with Crippen molar-refractivity contribution in [1.82, 2.24) is 10.3 Å². The van der Waals surface area contributed by atoms with Crippen LogP contribution in [0.2, 0.25) is 0 Å². The van der Waals surface area contributed by atoms with Gasteiger partial charge in [-0.15, -0.1) is 0 Å². The van der Waals surface area contributed by atoms with E-state index in [1.165, 1.54) is 31.2 Å². The summed E-state index contributed by atoms with van der Waals surface area (Å²) in [6.07, 6.45) is 10.00. The van der Waals surface area contributed by atoms with E-state index in [0.29, 0.717) is 22.4 Å². The van der Waals surface area contributed by atoms with Crippen LogP contribution in [0.25, 0.3) is 11.1 Å². The number of aromatic hydroxyl groups is 1. The molecule has 1 amide bonds. The second kappa shape index (κ2) is 9.68. The van der Waals surface area contributed by atoms with E-state index in [1.54, 1.807) is 18.3 Å². The van der Waals surface area contributed by atoms with Crippen LogP contribution in [-0.4, -0.2) is 34.4 Å². The average molecular weight is 395 g/mol. The molecule has 8 heteroatoms. The van der Waals surface area contributed by atoms with Crippen molar-refractivity contribution in [2.24, 2.45) is 10.7 Å². The van der Waals surface area contributed by atoms with Gasteiger partial charge in [0.1, 0.15) is 23.7 Å². The number of ether oxygens (including phenoxy) is 1. The first-order valence-electron chi connectivity index (χ1n) is 9.66. The molecule has 1 aromatic heterocycles. The van der Waals surface area contributed by atoms with Crippen LogP contribution in [-0.2, 0) is 0 Å². The number of phenols is 1. The molecule has 2 aromatic rings. The maximum Gasteiger partial charge on any atom is 0.412 e. The molecule has 0 atom stereocenters. The molecule has 0 aliphatic heterocycles.